The van der Waals surface area contributed by atoms with Gasteiger partial charge in [-0.2, -0.15) is 0 Å². The van der Waals surface area contributed by atoms with Crippen LogP contribution in [0.2, 0.25) is 0 Å². The van der Waals surface area contributed by atoms with Crippen LogP contribution in [0.1, 0.15) is 37.3 Å². The summed E-state index contributed by atoms with van der Waals surface area (Å²) in [6.45, 7) is 9.03. The van der Waals surface area contributed by atoms with Gasteiger partial charge in [-0.1, -0.05) is 36.2 Å². The molecule has 0 saturated carbocycles. The van der Waals surface area contributed by atoms with Crippen molar-refractivity contribution in [3.8, 4) is 0 Å². The number of hydrogen-bond acceptors (Lipinski definition) is 3. The maximum absolute atomic E-state index is 12.5. The zero-order chi connectivity index (χ0) is 19.2. The van der Waals surface area contributed by atoms with E-state index in [4.69, 9.17) is 0 Å². The van der Waals surface area contributed by atoms with Crippen molar-refractivity contribution in [1.82, 2.24) is 20.0 Å². The van der Waals surface area contributed by atoms with Gasteiger partial charge in [0.15, 0.2) is 0 Å². The fourth-order valence-corrected chi connectivity index (χ4v) is 3.80. The molecule has 3 amide bonds. The third-order valence-corrected chi connectivity index (χ3v) is 5.66. The quantitative estimate of drug-likeness (QED) is 0.862. The molecule has 1 N–H and O–H groups in total. The molecule has 3 rings (SSSR count). The number of nitrogens with zero attached hydrogens (tertiary/aromatic N) is 3. The molecule has 2 saturated heterocycles. The van der Waals surface area contributed by atoms with Crippen molar-refractivity contribution in [2.45, 2.75) is 45.7 Å². The Balaban J connectivity index is 1.43. The minimum atomic E-state index is -0.123. The van der Waals surface area contributed by atoms with Crippen molar-refractivity contribution < 1.29 is 9.59 Å². The number of benzene rings is 1. The van der Waals surface area contributed by atoms with Gasteiger partial charge in [0.2, 0.25) is 5.91 Å². The number of hydrogen-bond donors (Lipinski definition) is 1. The average Bonchev–Trinajstić information content (AvgIpc) is 2.69. The van der Waals surface area contributed by atoms with Crippen LogP contribution in [0, 0.1) is 6.92 Å². The number of piperazine rings is 1. The largest absolute Gasteiger partial charge is 0.336 e. The highest BCUT2D eigenvalue weighted by Crippen LogP contribution is 2.13. The van der Waals surface area contributed by atoms with Crippen LogP contribution in [0.25, 0.3) is 0 Å². The second-order valence-electron chi connectivity index (χ2n) is 7.85. The minimum Gasteiger partial charge on any atom is -0.336 e. The number of nitrogens with one attached hydrogen (secondary N) is 1. The van der Waals surface area contributed by atoms with Crippen LogP contribution in [-0.2, 0) is 11.3 Å². The topological polar surface area (TPSA) is 55.9 Å². The summed E-state index contributed by atoms with van der Waals surface area (Å²) in [5, 5.41) is 3.02. The Morgan fingerprint density at radius 2 is 1.78 bits per heavy atom. The summed E-state index contributed by atoms with van der Waals surface area (Å²) in [6, 6.07) is 8.46. The maximum atomic E-state index is 12.5. The molecular formula is C21H32N4O2. The Bertz CT molecular complexity index is 640. The van der Waals surface area contributed by atoms with Crippen LogP contribution in [0.4, 0.5) is 4.79 Å². The number of likely N-dealkylation sites (tertiary alicyclic amines) is 1. The zero-order valence-electron chi connectivity index (χ0n) is 16.6. The number of piperidine rings is 1. The van der Waals surface area contributed by atoms with E-state index in [1.165, 1.54) is 24.8 Å². The molecule has 1 aromatic rings. The van der Waals surface area contributed by atoms with Gasteiger partial charge in [-0.05, 0) is 45.3 Å². The Kier molecular flexibility index (Phi) is 6.72. The van der Waals surface area contributed by atoms with Gasteiger partial charge < -0.3 is 15.1 Å². The molecule has 0 radical (unpaired) electrons. The van der Waals surface area contributed by atoms with Crippen LogP contribution >= 0.6 is 0 Å². The van der Waals surface area contributed by atoms with Crippen LogP contribution in [0.15, 0.2) is 24.3 Å². The first-order valence-electron chi connectivity index (χ1n) is 10.1. The molecule has 2 fully saturated rings. The van der Waals surface area contributed by atoms with Gasteiger partial charge in [0.05, 0.1) is 0 Å². The highest BCUT2D eigenvalue weighted by molar-refractivity contribution is 5.85. The Morgan fingerprint density at radius 1 is 1.07 bits per heavy atom. The smallest absolute Gasteiger partial charge is 0.317 e. The summed E-state index contributed by atoms with van der Waals surface area (Å²) < 4.78 is 0. The number of rotatable bonds is 5. The van der Waals surface area contributed by atoms with Crippen LogP contribution in [0.5, 0.6) is 0 Å². The molecule has 0 aliphatic carbocycles. The van der Waals surface area contributed by atoms with Gasteiger partial charge in [0.25, 0.3) is 0 Å². The Morgan fingerprint density at radius 3 is 2.44 bits per heavy atom. The van der Waals surface area contributed by atoms with Crippen molar-refractivity contribution in [3.05, 3.63) is 35.4 Å². The first kappa shape index (κ1) is 19.7. The van der Waals surface area contributed by atoms with Gasteiger partial charge in [-0.3, -0.25) is 9.69 Å². The molecule has 27 heavy (non-hydrogen) atoms. The van der Waals surface area contributed by atoms with E-state index in [2.05, 4.69) is 48.3 Å². The molecule has 2 aliphatic rings. The second kappa shape index (κ2) is 9.22. The van der Waals surface area contributed by atoms with E-state index < -0.39 is 0 Å². The van der Waals surface area contributed by atoms with E-state index >= 15 is 0 Å². The summed E-state index contributed by atoms with van der Waals surface area (Å²) in [5.74, 6) is 0.0149. The van der Waals surface area contributed by atoms with Gasteiger partial charge in [-0.15, -0.1) is 0 Å². The van der Waals surface area contributed by atoms with Crippen LogP contribution in [-0.4, -0.2) is 71.9 Å². The van der Waals surface area contributed by atoms with Gasteiger partial charge >= 0.3 is 6.03 Å². The minimum absolute atomic E-state index is 0.0149. The van der Waals surface area contributed by atoms with E-state index in [-0.39, 0.29) is 18.5 Å². The molecule has 148 valence electrons. The molecule has 0 aromatic heterocycles. The van der Waals surface area contributed by atoms with Gasteiger partial charge in [0, 0.05) is 32.2 Å². The fourth-order valence-electron chi connectivity index (χ4n) is 3.80. The van der Waals surface area contributed by atoms with Gasteiger partial charge in [0.1, 0.15) is 6.54 Å². The lowest BCUT2D eigenvalue weighted by Crippen LogP contribution is -2.55. The number of urea groups is 1. The highest BCUT2D eigenvalue weighted by atomic mass is 16.2. The molecule has 1 atom stereocenters. The lowest BCUT2D eigenvalue weighted by Gasteiger charge is -2.36. The summed E-state index contributed by atoms with van der Waals surface area (Å²) in [4.78, 5) is 30.8. The van der Waals surface area contributed by atoms with E-state index in [1.807, 2.05) is 4.90 Å². The number of carbonyl (C=O) groups excluding carboxylic acids is 2. The van der Waals surface area contributed by atoms with Crippen molar-refractivity contribution >= 4 is 11.9 Å². The van der Waals surface area contributed by atoms with E-state index in [9.17, 15) is 9.59 Å². The number of aryl methyl sites for hydroxylation is 1. The summed E-state index contributed by atoms with van der Waals surface area (Å²) in [6.07, 6.45) is 3.80. The SMILES string of the molecule is Cc1ccc(CN2CCN(C(=O)NC[C@@H](C)N3CCCCC3)CC2=O)cc1. The molecule has 0 spiro atoms. The van der Waals surface area contributed by atoms with Gasteiger partial charge in [-0.25, -0.2) is 4.79 Å². The monoisotopic (exact) mass is 372 g/mol. The molecule has 0 bridgehead atoms. The predicted octanol–water partition coefficient (Wildman–Crippen LogP) is 2.22. The van der Waals surface area contributed by atoms with Crippen molar-refractivity contribution in [2.24, 2.45) is 0 Å². The number of amides is 3. The fraction of sp³-hybridized carbons (Fsp3) is 0.619. The first-order chi connectivity index (χ1) is 13.0. The molecular weight excluding hydrogens is 340 g/mol. The standard InChI is InChI=1S/C21H32N4O2/c1-17-6-8-19(9-7-17)15-24-12-13-25(16-20(24)26)21(27)22-14-18(2)23-10-4-3-5-11-23/h6-9,18H,3-5,10-16H2,1-2H3,(H,22,27)/t18-/m1/s1. The average molecular weight is 373 g/mol. The molecule has 0 unspecified atom stereocenters. The third-order valence-electron chi connectivity index (χ3n) is 5.66. The second-order valence-corrected chi connectivity index (χ2v) is 7.85. The molecule has 2 heterocycles. The van der Waals surface area contributed by atoms with E-state index in [0.29, 0.717) is 32.2 Å². The van der Waals surface area contributed by atoms with E-state index in [1.54, 1.807) is 4.90 Å². The van der Waals surface area contributed by atoms with Crippen molar-refractivity contribution in [1.29, 1.82) is 0 Å². The molecule has 6 heteroatoms. The lowest BCUT2D eigenvalue weighted by molar-refractivity contribution is -0.135. The Labute approximate surface area is 162 Å². The van der Waals surface area contributed by atoms with Crippen LogP contribution in [0.3, 0.4) is 0 Å². The summed E-state index contributed by atoms with van der Waals surface area (Å²) in [5.41, 5.74) is 2.34. The lowest BCUT2D eigenvalue weighted by atomic mass is 10.1. The van der Waals surface area contributed by atoms with Crippen LogP contribution < -0.4 is 5.32 Å². The van der Waals surface area contributed by atoms with Crippen molar-refractivity contribution in [2.75, 3.05) is 39.3 Å². The predicted molar refractivity (Wildman–Crippen MR) is 106 cm³/mol. The third kappa shape index (κ3) is 5.45. The highest BCUT2D eigenvalue weighted by Gasteiger charge is 2.27. The summed E-state index contributed by atoms with van der Waals surface area (Å²) in [7, 11) is 0. The Hall–Kier alpha value is -2.08. The maximum Gasteiger partial charge on any atom is 0.317 e. The number of carbonyl (C=O) groups is 2. The molecule has 1 aromatic carbocycles. The first-order valence-corrected chi connectivity index (χ1v) is 10.1. The van der Waals surface area contributed by atoms with E-state index in [0.717, 1.165) is 18.7 Å². The van der Waals surface area contributed by atoms with Crippen molar-refractivity contribution in [3.63, 3.8) is 0 Å². The zero-order valence-corrected chi connectivity index (χ0v) is 16.6. The summed E-state index contributed by atoms with van der Waals surface area (Å²) >= 11 is 0. The molecule has 6 nitrogen and oxygen atoms in total. The normalized spacial score (nSPS) is 19.9. The molecule has 2 aliphatic heterocycles.